The molecule has 0 aliphatic heterocycles. The first kappa shape index (κ1) is 13.8. The lowest BCUT2D eigenvalue weighted by molar-refractivity contribution is -0.383. The van der Waals surface area contributed by atoms with Gasteiger partial charge in [-0.2, -0.15) is 0 Å². The Morgan fingerprint density at radius 2 is 1.85 bits per heavy atom. The van der Waals surface area contributed by atoms with Crippen LogP contribution in [-0.2, 0) is 9.53 Å². The van der Waals surface area contributed by atoms with E-state index in [1.165, 1.54) is 19.2 Å². The van der Waals surface area contributed by atoms with Crippen LogP contribution in [0.1, 0.15) is 6.92 Å². The lowest BCUT2D eigenvalue weighted by atomic mass is 10.1. The van der Waals surface area contributed by atoms with E-state index in [0.717, 1.165) is 0 Å². The van der Waals surface area contributed by atoms with Crippen LogP contribution in [0.15, 0.2) is 36.4 Å². The molecule has 1 atom stereocenters. The van der Waals surface area contributed by atoms with Crippen LogP contribution in [0, 0.1) is 10.1 Å². The standard InChI is InChI=1S/C14H13NO5/c1-9(14(16)19-2)20-13-8-7-12(15(17)18)10-5-3-4-6-11(10)13/h3-9H,1-2H3. The number of carbonyl (C=O) groups is 1. The molecule has 0 fully saturated rings. The second kappa shape index (κ2) is 5.56. The van der Waals surface area contributed by atoms with Crippen LogP contribution in [0.5, 0.6) is 5.75 Å². The van der Waals surface area contributed by atoms with Crippen molar-refractivity contribution in [1.82, 2.24) is 0 Å². The third-order valence-corrected chi connectivity index (χ3v) is 2.89. The Balaban J connectivity index is 2.48. The van der Waals surface area contributed by atoms with Crippen molar-refractivity contribution in [1.29, 1.82) is 0 Å². The van der Waals surface area contributed by atoms with E-state index in [1.54, 1.807) is 31.2 Å². The maximum atomic E-state index is 11.4. The Morgan fingerprint density at radius 1 is 1.20 bits per heavy atom. The number of hydrogen-bond donors (Lipinski definition) is 0. The summed E-state index contributed by atoms with van der Waals surface area (Å²) in [4.78, 5) is 21.9. The summed E-state index contributed by atoms with van der Waals surface area (Å²) in [5.74, 6) is -0.100. The van der Waals surface area contributed by atoms with Crippen LogP contribution in [0.3, 0.4) is 0 Å². The van der Waals surface area contributed by atoms with Gasteiger partial charge in [-0.15, -0.1) is 0 Å². The van der Waals surface area contributed by atoms with E-state index in [0.29, 0.717) is 16.5 Å². The van der Waals surface area contributed by atoms with Crippen molar-refractivity contribution in [2.24, 2.45) is 0 Å². The molecule has 0 saturated heterocycles. The summed E-state index contributed by atoms with van der Waals surface area (Å²) in [7, 11) is 1.27. The van der Waals surface area contributed by atoms with E-state index in [-0.39, 0.29) is 5.69 Å². The first-order valence-corrected chi connectivity index (χ1v) is 5.95. The van der Waals surface area contributed by atoms with Crippen LogP contribution in [0.25, 0.3) is 10.8 Å². The predicted molar refractivity (Wildman–Crippen MR) is 72.7 cm³/mol. The van der Waals surface area contributed by atoms with Gasteiger partial charge in [0.1, 0.15) is 5.75 Å². The van der Waals surface area contributed by atoms with Crippen LogP contribution < -0.4 is 4.74 Å². The van der Waals surface area contributed by atoms with Crippen molar-refractivity contribution in [3.63, 3.8) is 0 Å². The van der Waals surface area contributed by atoms with E-state index in [9.17, 15) is 14.9 Å². The maximum Gasteiger partial charge on any atom is 0.346 e. The van der Waals surface area contributed by atoms with Gasteiger partial charge in [0.25, 0.3) is 5.69 Å². The lowest BCUT2D eigenvalue weighted by Gasteiger charge is -2.14. The van der Waals surface area contributed by atoms with Gasteiger partial charge in [0, 0.05) is 11.5 Å². The zero-order chi connectivity index (χ0) is 14.7. The minimum Gasteiger partial charge on any atom is -0.478 e. The summed E-state index contributed by atoms with van der Waals surface area (Å²) in [6, 6.07) is 9.66. The summed E-state index contributed by atoms with van der Waals surface area (Å²) >= 11 is 0. The van der Waals surface area contributed by atoms with Crippen LogP contribution in [0.2, 0.25) is 0 Å². The van der Waals surface area contributed by atoms with Gasteiger partial charge in [-0.1, -0.05) is 18.2 Å². The number of nitro groups is 1. The second-order valence-electron chi connectivity index (χ2n) is 4.17. The van der Waals surface area contributed by atoms with Gasteiger partial charge in [0.05, 0.1) is 17.4 Å². The average molecular weight is 275 g/mol. The number of nitro benzene ring substituents is 1. The number of ether oxygens (including phenoxy) is 2. The van der Waals surface area contributed by atoms with E-state index >= 15 is 0 Å². The number of rotatable bonds is 4. The molecule has 0 amide bonds. The first-order chi connectivity index (χ1) is 9.54. The zero-order valence-corrected chi connectivity index (χ0v) is 11.0. The number of benzene rings is 2. The minimum absolute atomic E-state index is 0.00123. The SMILES string of the molecule is COC(=O)C(C)Oc1ccc([N+](=O)[O-])c2ccccc12. The number of fused-ring (bicyclic) bond motifs is 1. The van der Waals surface area contributed by atoms with Crippen molar-refractivity contribution in [3.05, 3.63) is 46.5 Å². The van der Waals surface area contributed by atoms with E-state index < -0.39 is 17.0 Å². The maximum absolute atomic E-state index is 11.4. The Bertz CT molecular complexity index is 668. The van der Waals surface area contributed by atoms with E-state index in [4.69, 9.17) is 4.74 Å². The van der Waals surface area contributed by atoms with Gasteiger partial charge in [0.15, 0.2) is 6.10 Å². The third kappa shape index (κ3) is 2.54. The number of methoxy groups -OCH3 is 1. The fourth-order valence-corrected chi connectivity index (χ4v) is 1.92. The van der Waals surface area contributed by atoms with Gasteiger partial charge < -0.3 is 9.47 Å². The molecule has 0 heterocycles. The molecule has 0 spiro atoms. The molecule has 1 unspecified atom stereocenters. The number of esters is 1. The molecule has 0 aromatic heterocycles. The highest BCUT2D eigenvalue weighted by Gasteiger charge is 2.19. The fourth-order valence-electron chi connectivity index (χ4n) is 1.92. The number of hydrogen-bond acceptors (Lipinski definition) is 5. The molecule has 0 bridgehead atoms. The average Bonchev–Trinajstić information content (AvgIpc) is 2.46. The minimum atomic E-state index is -0.787. The predicted octanol–water partition coefficient (Wildman–Crippen LogP) is 2.69. The monoisotopic (exact) mass is 275 g/mol. The summed E-state index contributed by atoms with van der Waals surface area (Å²) in [6.45, 7) is 1.56. The van der Waals surface area contributed by atoms with Gasteiger partial charge >= 0.3 is 5.97 Å². The van der Waals surface area contributed by atoms with Crippen molar-refractivity contribution < 1.29 is 19.2 Å². The summed E-state index contributed by atoms with van der Waals surface area (Å²) in [6.07, 6.45) is -0.787. The van der Waals surface area contributed by atoms with Gasteiger partial charge in [0.2, 0.25) is 0 Å². The Kier molecular flexibility index (Phi) is 3.84. The second-order valence-corrected chi connectivity index (χ2v) is 4.17. The molecule has 2 aromatic carbocycles. The van der Waals surface area contributed by atoms with Gasteiger partial charge in [-0.05, 0) is 19.1 Å². The molecular formula is C14H13NO5. The lowest BCUT2D eigenvalue weighted by Crippen LogP contribution is -2.24. The van der Waals surface area contributed by atoms with Crippen molar-refractivity contribution in [3.8, 4) is 5.75 Å². The van der Waals surface area contributed by atoms with E-state index in [1.807, 2.05) is 0 Å². The molecular weight excluding hydrogens is 262 g/mol. The number of carbonyl (C=O) groups excluding carboxylic acids is 1. The molecule has 6 nitrogen and oxygen atoms in total. The molecule has 0 aliphatic rings. The quantitative estimate of drug-likeness (QED) is 0.487. The highest BCUT2D eigenvalue weighted by molar-refractivity contribution is 5.95. The van der Waals surface area contributed by atoms with Crippen LogP contribution in [-0.4, -0.2) is 24.1 Å². The third-order valence-electron chi connectivity index (χ3n) is 2.89. The Hall–Kier alpha value is -2.63. The number of non-ortho nitro benzene ring substituents is 1. The van der Waals surface area contributed by atoms with Crippen LogP contribution >= 0.6 is 0 Å². The highest BCUT2D eigenvalue weighted by atomic mass is 16.6. The van der Waals surface area contributed by atoms with Crippen molar-refractivity contribution in [2.75, 3.05) is 7.11 Å². The Morgan fingerprint density at radius 3 is 2.45 bits per heavy atom. The summed E-state index contributed by atoms with van der Waals surface area (Å²) in [5.41, 5.74) is -0.00123. The fraction of sp³-hybridized carbons (Fsp3) is 0.214. The van der Waals surface area contributed by atoms with E-state index in [2.05, 4.69) is 4.74 Å². The van der Waals surface area contributed by atoms with Gasteiger partial charge in [-0.3, -0.25) is 10.1 Å². The molecule has 2 rings (SSSR count). The first-order valence-electron chi connectivity index (χ1n) is 5.95. The normalized spacial score (nSPS) is 11.9. The summed E-state index contributed by atoms with van der Waals surface area (Å²) < 4.78 is 10.1. The molecule has 0 aliphatic carbocycles. The molecule has 6 heteroatoms. The van der Waals surface area contributed by atoms with Crippen LogP contribution in [0.4, 0.5) is 5.69 Å². The molecule has 0 radical (unpaired) electrons. The largest absolute Gasteiger partial charge is 0.478 e. The summed E-state index contributed by atoms with van der Waals surface area (Å²) in [5, 5.41) is 12.0. The topological polar surface area (TPSA) is 78.7 Å². The highest BCUT2D eigenvalue weighted by Crippen LogP contribution is 2.33. The van der Waals surface area contributed by atoms with Gasteiger partial charge in [-0.25, -0.2) is 4.79 Å². The number of nitrogens with zero attached hydrogens (tertiary/aromatic N) is 1. The molecule has 2 aromatic rings. The molecule has 20 heavy (non-hydrogen) atoms. The Labute approximate surface area is 115 Å². The molecule has 0 N–H and O–H groups in total. The molecule has 0 saturated carbocycles. The smallest absolute Gasteiger partial charge is 0.346 e. The zero-order valence-electron chi connectivity index (χ0n) is 11.0. The van der Waals surface area contributed by atoms with Crippen molar-refractivity contribution >= 4 is 22.4 Å². The molecule has 104 valence electrons. The van der Waals surface area contributed by atoms with Crippen molar-refractivity contribution in [2.45, 2.75) is 13.0 Å².